The van der Waals surface area contributed by atoms with Crippen molar-refractivity contribution in [3.8, 4) is 10.6 Å². The molecular weight excluding hydrogens is 495 g/mol. The van der Waals surface area contributed by atoms with Crippen LogP contribution in [-0.4, -0.2) is 19.9 Å². The molecule has 34 heavy (non-hydrogen) atoms. The zero-order chi connectivity index (χ0) is 24.1. The number of rotatable bonds is 5. The van der Waals surface area contributed by atoms with Crippen molar-refractivity contribution in [3.05, 3.63) is 66.1 Å². The Hall–Kier alpha value is -3.62. The van der Waals surface area contributed by atoms with Crippen molar-refractivity contribution < 1.29 is 30.5 Å². The fraction of sp³-hybridized carbons (Fsp3) is 0.100. The van der Waals surface area contributed by atoms with E-state index in [1.807, 2.05) is 0 Å². The van der Waals surface area contributed by atoms with Crippen LogP contribution in [0, 0.1) is 0 Å². The Morgan fingerprint density at radius 1 is 1.12 bits per heavy atom. The molecule has 3 N–H and O–H groups in total. The van der Waals surface area contributed by atoms with Gasteiger partial charge in [-0.25, -0.2) is 13.4 Å². The van der Waals surface area contributed by atoms with Crippen LogP contribution in [-0.2, 0) is 16.2 Å². The van der Waals surface area contributed by atoms with Crippen LogP contribution in [0.1, 0.15) is 17.5 Å². The summed E-state index contributed by atoms with van der Waals surface area (Å²) in [6.07, 6.45) is -2.18. The van der Waals surface area contributed by atoms with Gasteiger partial charge in [0.25, 0.3) is 10.0 Å². The minimum absolute atomic E-state index is 0.0965. The van der Waals surface area contributed by atoms with E-state index in [1.54, 1.807) is 35.2 Å². The second-order valence-corrected chi connectivity index (χ2v) is 10.1. The topological polar surface area (TPSA) is 127 Å². The van der Waals surface area contributed by atoms with Gasteiger partial charge in [-0.2, -0.15) is 13.2 Å². The van der Waals surface area contributed by atoms with Crippen molar-refractivity contribution in [1.82, 2.24) is 5.16 Å². The first-order valence-electron chi connectivity index (χ1n) is 9.54. The third kappa shape index (κ3) is 4.06. The number of halogens is 3. The van der Waals surface area contributed by atoms with Crippen molar-refractivity contribution in [3.63, 3.8) is 0 Å². The fourth-order valence-corrected chi connectivity index (χ4v) is 5.56. The van der Waals surface area contributed by atoms with Gasteiger partial charge < -0.3 is 19.6 Å². The molecule has 0 fully saturated rings. The number of furan rings is 1. The summed E-state index contributed by atoms with van der Waals surface area (Å²) >= 11 is 0.765. The average molecular weight is 509 g/mol. The van der Waals surface area contributed by atoms with Crippen LogP contribution in [0.2, 0.25) is 0 Å². The highest BCUT2D eigenvalue weighted by atomic mass is 32.2. The maximum Gasteiger partial charge on any atom is 0.452 e. The van der Waals surface area contributed by atoms with Crippen LogP contribution < -0.4 is 15.4 Å². The molecule has 4 aromatic rings. The molecule has 0 spiro atoms. The van der Waals surface area contributed by atoms with Gasteiger partial charge in [0.15, 0.2) is 0 Å². The molecule has 4 heterocycles. The summed E-state index contributed by atoms with van der Waals surface area (Å²) in [7, 11) is -3.99. The number of fused-ring (bicyclic) bond motifs is 1. The Kier molecular flexibility index (Phi) is 5.22. The largest absolute Gasteiger partial charge is 0.452 e. The van der Waals surface area contributed by atoms with Crippen LogP contribution in [0.15, 0.2) is 72.9 Å². The minimum atomic E-state index is -4.68. The Morgan fingerprint density at radius 2 is 1.88 bits per heavy atom. The van der Waals surface area contributed by atoms with Gasteiger partial charge in [-0.15, -0.1) is 11.3 Å². The molecule has 9 nitrogen and oxygen atoms in total. The second kappa shape index (κ2) is 8.00. The molecule has 0 bridgehead atoms. The van der Waals surface area contributed by atoms with Gasteiger partial charge in [0, 0.05) is 17.4 Å². The number of hydrogen-bond donors (Lipinski definition) is 2. The van der Waals surface area contributed by atoms with Crippen LogP contribution in [0.4, 0.5) is 30.4 Å². The zero-order valence-electron chi connectivity index (χ0n) is 16.9. The molecule has 0 amide bonds. The average Bonchev–Trinajstić information content (AvgIpc) is 3.53. The standard InChI is InChI=1S/C20H14F3N5O4S2/c21-20(22,23)16-9-14(26-32-16)15-5-6-17(33-15)34(29,30)27-11-1-3-12(4-2-11)28-10-25-19-13(18(28)24)7-8-31-19/h1-10,18,27H,24H2. The first-order valence-corrected chi connectivity index (χ1v) is 11.8. The van der Waals surface area contributed by atoms with Gasteiger partial charge >= 0.3 is 6.18 Å². The minimum Gasteiger partial charge on any atom is -0.446 e. The summed E-state index contributed by atoms with van der Waals surface area (Å²) in [6, 6.07) is 11.5. The molecule has 3 aromatic heterocycles. The van der Waals surface area contributed by atoms with Crippen molar-refractivity contribution >= 4 is 45.0 Å². The molecule has 1 aromatic carbocycles. The summed E-state index contributed by atoms with van der Waals surface area (Å²) in [5, 5.41) is 3.37. The van der Waals surface area contributed by atoms with E-state index in [4.69, 9.17) is 10.2 Å². The van der Waals surface area contributed by atoms with Crippen LogP contribution in [0.3, 0.4) is 0 Å². The summed E-state index contributed by atoms with van der Waals surface area (Å²) in [4.78, 5) is 6.11. The SMILES string of the molecule is NC1c2ccoc2N=CN1c1ccc(NS(=O)(=O)c2ccc(-c3cc(C(F)(F)F)on3)s2)cc1. The summed E-state index contributed by atoms with van der Waals surface area (Å²) < 4.78 is 75.6. The third-order valence-corrected chi connectivity index (χ3v) is 7.88. The van der Waals surface area contributed by atoms with Gasteiger partial charge in [-0.05, 0) is 42.5 Å². The smallest absolute Gasteiger partial charge is 0.446 e. The number of nitrogens with zero attached hydrogens (tertiary/aromatic N) is 3. The number of aliphatic imine (C=N–C) groups is 1. The van der Waals surface area contributed by atoms with E-state index < -0.39 is 28.1 Å². The lowest BCUT2D eigenvalue weighted by Crippen LogP contribution is -2.35. The molecule has 0 saturated heterocycles. The van der Waals surface area contributed by atoms with Gasteiger partial charge in [-0.1, -0.05) is 5.16 Å². The number of nitrogens with two attached hydrogens (primary N) is 1. The molecule has 0 saturated carbocycles. The van der Waals surface area contributed by atoms with E-state index in [9.17, 15) is 21.6 Å². The van der Waals surface area contributed by atoms with Crippen molar-refractivity contribution in [2.75, 3.05) is 9.62 Å². The molecule has 1 unspecified atom stereocenters. The van der Waals surface area contributed by atoms with Crippen LogP contribution in [0.5, 0.6) is 0 Å². The van der Waals surface area contributed by atoms with Crippen molar-refractivity contribution in [1.29, 1.82) is 0 Å². The Labute approximate surface area is 194 Å². The van der Waals surface area contributed by atoms with Gasteiger partial charge in [-0.3, -0.25) is 4.72 Å². The highest BCUT2D eigenvalue weighted by Crippen LogP contribution is 2.36. The van der Waals surface area contributed by atoms with Crippen LogP contribution >= 0.6 is 11.3 Å². The number of benzene rings is 1. The predicted molar refractivity (Wildman–Crippen MR) is 118 cm³/mol. The number of thiophene rings is 1. The molecule has 1 atom stereocenters. The van der Waals surface area contributed by atoms with E-state index in [0.29, 0.717) is 11.6 Å². The van der Waals surface area contributed by atoms with Gasteiger partial charge in [0.2, 0.25) is 11.6 Å². The lowest BCUT2D eigenvalue weighted by molar-refractivity contribution is -0.155. The van der Waals surface area contributed by atoms with E-state index >= 15 is 0 Å². The lowest BCUT2D eigenvalue weighted by atomic mass is 10.2. The quantitative estimate of drug-likeness (QED) is 0.390. The molecule has 14 heteroatoms. The summed E-state index contributed by atoms with van der Waals surface area (Å²) in [5.74, 6) is -0.829. The molecule has 5 rings (SSSR count). The maximum atomic E-state index is 12.8. The highest BCUT2D eigenvalue weighted by molar-refractivity contribution is 7.94. The van der Waals surface area contributed by atoms with E-state index in [0.717, 1.165) is 23.0 Å². The second-order valence-electron chi connectivity index (χ2n) is 7.12. The van der Waals surface area contributed by atoms with E-state index in [-0.39, 0.29) is 20.5 Å². The molecule has 0 aliphatic carbocycles. The first-order chi connectivity index (χ1) is 16.1. The highest BCUT2D eigenvalue weighted by Gasteiger charge is 2.36. The number of anilines is 2. The number of hydrogen-bond acceptors (Lipinski definition) is 9. The lowest BCUT2D eigenvalue weighted by Gasteiger charge is -2.29. The Morgan fingerprint density at radius 3 is 2.59 bits per heavy atom. The summed E-state index contributed by atoms with van der Waals surface area (Å²) in [5.41, 5.74) is 7.82. The van der Waals surface area contributed by atoms with E-state index in [2.05, 4.69) is 19.4 Å². The molecule has 1 aliphatic heterocycles. The molecule has 1 aliphatic rings. The van der Waals surface area contributed by atoms with Crippen molar-refractivity contribution in [2.45, 2.75) is 16.6 Å². The maximum absolute atomic E-state index is 12.8. The Balaban J connectivity index is 1.31. The molecule has 0 radical (unpaired) electrons. The number of aromatic nitrogens is 1. The van der Waals surface area contributed by atoms with E-state index in [1.165, 1.54) is 24.7 Å². The Bertz CT molecular complexity index is 1470. The van der Waals surface area contributed by atoms with Gasteiger partial charge in [0.1, 0.15) is 22.4 Å². The van der Waals surface area contributed by atoms with Crippen molar-refractivity contribution in [2.24, 2.45) is 10.7 Å². The zero-order valence-corrected chi connectivity index (χ0v) is 18.5. The number of nitrogens with one attached hydrogen (secondary N) is 1. The van der Waals surface area contributed by atoms with Crippen LogP contribution in [0.25, 0.3) is 10.6 Å². The fourth-order valence-electron chi connectivity index (χ4n) is 3.24. The van der Waals surface area contributed by atoms with Gasteiger partial charge in [0.05, 0.1) is 16.7 Å². The monoisotopic (exact) mass is 509 g/mol. The molecule has 176 valence electrons. The number of sulfonamides is 1. The normalized spacial score (nSPS) is 16.0. The molecular formula is C20H14F3N5O4S2. The third-order valence-electron chi connectivity index (χ3n) is 4.90. The summed E-state index contributed by atoms with van der Waals surface area (Å²) in [6.45, 7) is 0. The first kappa shape index (κ1) is 22.2. The number of alkyl halides is 3. The predicted octanol–water partition coefficient (Wildman–Crippen LogP) is 4.95.